The van der Waals surface area contributed by atoms with Gasteiger partial charge in [-0.05, 0) is 12.0 Å². The quantitative estimate of drug-likeness (QED) is 0.422. The first-order valence-electron chi connectivity index (χ1n) is 11.0. The van der Waals surface area contributed by atoms with Gasteiger partial charge < -0.3 is 5.32 Å². The van der Waals surface area contributed by atoms with Gasteiger partial charge in [-0.3, -0.25) is 18.7 Å². The summed E-state index contributed by atoms with van der Waals surface area (Å²) in [5, 5.41) is 3.76. The molecule has 1 aromatic carbocycles. The first-order valence-corrected chi connectivity index (χ1v) is 12.0. The zero-order valence-electron chi connectivity index (χ0n) is 20.0. The minimum atomic E-state index is -0.468. The van der Waals surface area contributed by atoms with Crippen LogP contribution in [0.5, 0.6) is 0 Å². The third-order valence-corrected chi connectivity index (χ3v) is 6.37. The molecule has 8 nitrogen and oxygen atoms in total. The molecule has 0 unspecified atom stereocenters. The lowest BCUT2D eigenvalue weighted by Crippen LogP contribution is -2.38. The molecule has 3 rings (SSSR count). The number of hydrogen-bond acceptors (Lipinski definition) is 6. The highest BCUT2D eigenvalue weighted by molar-refractivity contribution is 8.00. The second-order valence-electron chi connectivity index (χ2n) is 9.11. The number of aryl methyl sites for hydroxylation is 1. The Balaban J connectivity index is 1.95. The van der Waals surface area contributed by atoms with E-state index in [9.17, 15) is 14.4 Å². The molecule has 0 aliphatic heterocycles. The fraction of sp³-hybridized carbons (Fsp3) is 0.458. The average Bonchev–Trinajstić information content (AvgIpc) is 2.79. The average molecular weight is 470 g/mol. The molecule has 2 heterocycles. The molecule has 0 aliphatic carbocycles. The minimum Gasteiger partial charge on any atom is -0.349 e. The third kappa shape index (κ3) is 5.35. The third-order valence-electron chi connectivity index (χ3n) is 5.39. The summed E-state index contributed by atoms with van der Waals surface area (Å²) in [6.45, 7) is 7.97. The van der Waals surface area contributed by atoms with Crippen molar-refractivity contribution in [3.8, 4) is 0 Å². The number of nitrogens with one attached hydrogen (secondary N) is 1. The molecule has 0 aliphatic rings. The maximum Gasteiger partial charge on any atom is 0.332 e. The van der Waals surface area contributed by atoms with E-state index >= 15 is 0 Å². The normalized spacial score (nSPS) is 12.7. The van der Waals surface area contributed by atoms with Crippen molar-refractivity contribution >= 4 is 28.7 Å². The maximum atomic E-state index is 12.9. The van der Waals surface area contributed by atoms with Crippen LogP contribution in [-0.2, 0) is 24.3 Å². The highest BCUT2D eigenvalue weighted by atomic mass is 32.2. The van der Waals surface area contributed by atoms with E-state index in [1.54, 1.807) is 7.05 Å². The first kappa shape index (κ1) is 24.7. The van der Waals surface area contributed by atoms with Gasteiger partial charge in [-0.2, -0.15) is 0 Å². The van der Waals surface area contributed by atoms with Gasteiger partial charge in [0.2, 0.25) is 5.91 Å². The second-order valence-corrected chi connectivity index (χ2v) is 10.1. The molecule has 0 bridgehead atoms. The lowest BCUT2D eigenvalue weighted by Gasteiger charge is -2.20. The molecule has 9 heteroatoms. The van der Waals surface area contributed by atoms with Crippen molar-refractivity contribution in [2.75, 3.05) is 5.75 Å². The minimum absolute atomic E-state index is 0.0785. The van der Waals surface area contributed by atoms with Crippen LogP contribution >= 0.6 is 11.8 Å². The molecular weight excluding hydrogens is 438 g/mol. The lowest BCUT2D eigenvalue weighted by molar-refractivity contribution is -0.119. The van der Waals surface area contributed by atoms with Crippen molar-refractivity contribution in [2.24, 2.45) is 14.1 Å². The molecule has 3 aromatic rings. The summed E-state index contributed by atoms with van der Waals surface area (Å²) < 4.78 is 2.39. The van der Waals surface area contributed by atoms with Crippen molar-refractivity contribution in [2.45, 2.75) is 57.0 Å². The lowest BCUT2D eigenvalue weighted by atomic mass is 9.96. The van der Waals surface area contributed by atoms with Gasteiger partial charge in [-0.1, -0.05) is 76.2 Å². The molecule has 2 aromatic heterocycles. The molecule has 33 heavy (non-hydrogen) atoms. The number of carbonyl (C=O) groups is 1. The number of carbonyl (C=O) groups excluding carboxylic acids is 1. The van der Waals surface area contributed by atoms with Crippen LogP contribution in [-0.4, -0.2) is 30.8 Å². The summed E-state index contributed by atoms with van der Waals surface area (Å²) >= 11 is 1.19. The van der Waals surface area contributed by atoms with Crippen LogP contribution in [0.15, 0.2) is 44.9 Å². The number of nitrogens with zero attached hydrogens (tertiary/aromatic N) is 4. The Hall–Kier alpha value is -2.94. The summed E-state index contributed by atoms with van der Waals surface area (Å²) in [5.41, 5.74) is 0.0142. The summed E-state index contributed by atoms with van der Waals surface area (Å²) in [6, 6.07) is 9.80. The van der Waals surface area contributed by atoms with Crippen molar-refractivity contribution in [1.29, 1.82) is 0 Å². The first-order chi connectivity index (χ1) is 15.5. The molecule has 0 fully saturated rings. The van der Waals surface area contributed by atoms with Crippen molar-refractivity contribution in [3.63, 3.8) is 0 Å². The fourth-order valence-electron chi connectivity index (χ4n) is 3.53. The van der Waals surface area contributed by atoms with E-state index in [0.29, 0.717) is 10.9 Å². The van der Waals surface area contributed by atoms with Gasteiger partial charge in [0.25, 0.3) is 5.56 Å². The zero-order valence-corrected chi connectivity index (χ0v) is 20.8. The Morgan fingerprint density at radius 2 is 1.76 bits per heavy atom. The monoisotopic (exact) mass is 469 g/mol. The van der Waals surface area contributed by atoms with Crippen LogP contribution in [0, 0.1) is 0 Å². The fourth-order valence-corrected chi connectivity index (χ4v) is 4.36. The van der Waals surface area contributed by atoms with E-state index in [-0.39, 0.29) is 28.7 Å². The van der Waals surface area contributed by atoms with Crippen molar-refractivity contribution in [1.82, 2.24) is 24.4 Å². The van der Waals surface area contributed by atoms with Crippen molar-refractivity contribution in [3.05, 3.63) is 62.6 Å². The van der Waals surface area contributed by atoms with Crippen LogP contribution in [0.25, 0.3) is 11.0 Å². The molecule has 176 valence electrons. The van der Waals surface area contributed by atoms with Crippen LogP contribution in [0.1, 0.15) is 58.0 Å². The molecule has 1 atom stereocenters. The summed E-state index contributed by atoms with van der Waals surface area (Å²) in [5.74, 6) is 0.455. The van der Waals surface area contributed by atoms with Gasteiger partial charge in [-0.25, -0.2) is 14.8 Å². The SMILES string of the molecule is CCC[C@@H](NC(=O)CSc1nc(C(C)(C)C)nc2c1c(=O)n(C)c(=O)n2C)c1ccccc1. The van der Waals surface area contributed by atoms with Crippen LogP contribution in [0.3, 0.4) is 0 Å². The second kappa shape index (κ2) is 9.91. The number of thioether (sulfide) groups is 1. The molecule has 0 saturated heterocycles. The molecule has 0 saturated carbocycles. The highest BCUT2D eigenvalue weighted by Gasteiger charge is 2.24. The van der Waals surface area contributed by atoms with Gasteiger partial charge in [-0.15, -0.1) is 0 Å². The maximum absolute atomic E-state index is 12.9. The summed E-state index contributed by atoms with van der Waals surface area (Å²) in [7, 11) is 3.01. The largest absolute Gasteiger partial charge is 0.349 e. The van der Waals surface area contributed by atoms with E-state index < -0.39 is 16.7 Å². The molecular formula is C24H31N5O3S. The topological polar surface area (TPSA) is 98.9 Å². The van der Waals surface area contributed by atoms with E-state index in [1.807, 2.05) is 51.1 Å². The molecule has 1 N–H and O–H groups in total. The molecule has 1 amide bonds. The number of rotatable bonds is 7. The Kier molecular flexibility index (Phi) is 7.41. The highest BCUT2D eigenvalue weighted by Crippen LogP contribution is 2.27. The molecule has 0 spiro atoms. The number of fused-ring (bicyclic) bond motifs is 1. The van der Waals surface area contributed by atoms with E-state index in [4.69, 9.17) is 0 Å². The number of aromatic nitrogens is 4. The smallest absolute Gasteiger partial charge is 0.332 e. The van der Waals surface area contributed by atoms with Crippen LogP contribution < -0.4 is 16.6 Å². The Labute approximate surface area is 197 Å². The van der Waals surface area contributed by atoms with Gasteiger partial charge in [0.15, 0.2) is 5.65 Å². The van der Waals surface area contributed by atoms with Gasteiger partial charge >= 0.3 is 5.69 Å². The number of hydrogen-bond donors (Lipinski definition) is 1. The van der Waals surface area contributed by atoms with Crippen LogP contribution in [0.4, 0.5) is 0 Å². The summed E-state index contributed by atoms with van der Waals surface area (Å²) in [6.07, 6.45) is 1.76. The number of amides is 1. The predicted octanol–water partition coefficient (Wildman–Crippen LogP) is 3.07. The van der Waals surface area contributed by atoms with Gasteiger partial charge in [0, 0.05) is 19.5 Å². The summed E-state index contributed by atoms with van der Waals surface area (Å²) in [4.78, 5) is 47.4. The Morgan fingerprint density at radius 1 is 1.09 bits per heavy atom. The van der Waals surface area contributed by atoms with E-state index in [2.05, 4.69) is 22.2 Å². The Bertz CT molecular complexity index is 1280. The Morgan fingerprint density at radius 3 is 2.36 bits per heavy atom. The van der Waals surface area contributed by atoms with E-state index in [0.717, 1.165) is 23.0 Å². The van der Waals surface area contributed by atoms with Gasteiger partial charge in [0.05, 0.1) is 11.8 Å². The van der Waals surface area contributed by atoms with Gasteiger partial charge in [0.1, 0.15) is 16.2 Å². The van der Waals surface area contributed by atoms with Crippen LogP contribution in [0.2, 0.25) is 0 Å². The van der Waals surface area contributed by atoms with Crippen molar-refractivity contribution < 1.29 is 4.79 Å². The number of benzene rings is 1. The zero-order chi connectivity index (χ0) is 24.3. The standard InChI is InChI=1S/C24H31N5O3S/c1-7-11-16(15-12-9-8-10-13-15)25-17(30)14-33-20-18-19(26-22(27-20)24(2,3)4)28(5)23(32)29(6)21(18)31/h8-10,12-13,16H,7,11,14H2,1-6H3,(H,25,30)/t16-/m1/s1. The predicted molar refractivity (Wildman–Crippen MR) is 132 cm³/mol. The van der Waals surface area contributed by atoms with E-state index in [1.165, 1.54) is 23.4 Å². The molecule has 0 radical (unpaired) electrons.